The molecule has 1 aromatic rings. The molecule has 202 valence electrons. The summed E-state index contributed by atoms with van der Waals surface area (Å²) >= 11 is 0. The largest absolute Gasteiger partial charge is 0.533 e. The van der Waals surface area contributed by atoms with Crippen molar-refractivity contribution >= 4 is 47.0 Å². The summed E-state index contributed by atoms with van der Waals surface area (Å²) in [5.41, 5.74) is 3.94. The number of benzene rings is 1. The van der Waals surface area contributed by atoms with E-state index in [0.29, 0.717) is 10.8 Å². The molecule has 1 unspecified atom stereocenters. The van der Waals surface area contributed by atoms with E-state index in [4.69, 9.17) is 9.57 Å². The second-order valence-corrected chi connectivity index (χ2v) is 8.90. The molecule has 39 heavy (non-hydrogen) atoms. The van der Waals surface area contributed by atoms with Gasteiger partial charge in [0.2, 0.25) is 5.91 Å². The molecule has 11 heteroatoms. The number of nitrogens with one attached hydrogen (secondary N) is 1. The minimum atomic E-state index is -1.17. The Balaban J connectivity index is 1.49. The molecular weight excluding hydrogens is 506 g/mol. The summed E-state index contributed by atoms with van der Waals surface area (Å²) in [5.74, 6) is -2.92. The molecule has 0 radical (unpaired) electrons. The van der Waals surface area contributed by atoms with Gasteiger partial charge in [0.05, 0.1) is 0 Å². The van der Waals surface area contributed by atoms with Gasteiger partial charge in [-0.05, 0) is 48.3 Å². The lowest BCUT2D eigenvalue weighted by molar-refractivity contribution is -0.177. The van der Waals surface area contributed by atoms with Crippen molar-refractivity contribution in [3.63, 3.8) is 0 Å². The molecule has 1 atom stereocenters. The Labute approximate surface area is 224 Å². The number of anilines is 1. The number of carbonyl (C=O) groups is 6. The molecule has 1 saturated heterocycles. The fourth-order valence-electron chi connectivity index (χ4n) is 4.60. The van der Waals surface area contributed by atoms with Crippen LogP contribution >= 0.6 is 0 Å². The summed E-state index contributed by atoms with van der Waals surface area (Å²) in [6.07, 6.45) is 8.62. The number of fused-ring (bicyclic) bond motifs is 1. The molecular formula is C28H27N3O8. The zero-order chi connectivity index (χ0) is 28.1. The second kappa shape index (κ2) is 11.7. The number of rotatable bonds is 8. The molecule has 1 N–H and O–H groups in total. The highest BCUT2D eigenvalue weighted by Crippen LogP contribution is 2.46. The summed E-state index contributed by atoms with van der Waals surface area (Å²) in [5, 5.41) is 3.21. The molecule has 1 fully saturated rings. The Morgan fingerprint density at radius 2 is 1.74 bits per heavy atom. The number of amides is 5. The Morgan fingerprint density at radius 1 is 1.05 bits per heavy atom. The van der Waals surface area contributed by atoms with Crippen LogP contribution in [-0.2, 0) is 33.5 Å². The normalized spacial score (nSPS) is 20.6. The van der Waals surface area contributed by atoms with Crippen molar-refractivity contribution in [2.45, 2.75) is 39.0 Å². The third kappa shape index (κ3) is 5.87. The smallest absolute Gasteiger partial charge is 0.432 e. The van der Waals surface area contributed by atoms with Gasteiger partial charge in [0.15, 0.2) is 0 Å². The number of hydroxylamine groups is 2. The van der Waals surface area contributed by atoms with Gasteiger partial charge in [-0.15, -0.1) is 0 Å². The maximum atomic E-state index is 12.6. The Hall–Kier alpha value is -4.80. The van der Waals surface area contributed by atoms with Crippen LogP contribution in [0.2, 0.25) is 0 Å². The number of carbonyl (C=O) groups excluding carboxylic acids is 6. The van der Waals surface area contributed by atoms with E-state index >= 15 is 0 Å². The maximum Gasteiger partial charge on any atom is 0.533 e. The van der Waals surface area contributed by atoms with Gasteiger partial charge in [-0.3, -0.25) is 33.7 Å². The van der Waals surface area contributed by atoms with Crippen LogP contribution in [0.5, 0.6) is 0 Å². The molecule has 2 heterocycles. The van der Waals surface area contributed by atoms with Crippen molar-refractivity contribution < 1.29 is 38.3 Å². The summed E-state index contributed by atoms with van der Waals surface area (Å²) in [4.78, 5) is 77.6. The predicted molar refractivity (Wildman–Crippen MR) is 138 cm³/mol. The number of hydrogen-bond acceptors (Lipinski definition) is 8. The first-order valence-corrected chi connectivity index (χ1v) is 12.4. The van der Waals surface area contributed by atoms with E-state index in [1.807, 2.05) is 44.2 Å². The average Bonchev–Trinajstić information content (AvgIpc) is 3.52. The van der Waals surface area contributed by atoms with Gasteiger partial charge in [0, 0.05) is 49.6 Å². The SMILES string of the molecule is C\C=C/C=C1\C(=C/C)C(COC(=O)ON2C(=O)CCC2=O)c2cc(NC(=O)CCN3C(=O)C=CC3=O)ccc21. The highest BCUT2D eigenvalue weighted by molar-refractivity contribution is 6.13. The lowest BCUT2D eigenvalue weighted by atomic mass is 9.97. The van der Waals surface area contributed by atoms with E-state index in [1.54, 1.807) is 12.1 Å². The van der Waals surface area contributed by atoms with Crippen molar-refractivity contribution in [3.05, 3.63) is 71.4 Å². The number of ether oxygens (including phenoxy) is 1. The van der Waals surface area contributed by atoms with Crippen molar-refractivity contribution in [1.82, 2.24) is 9.96 Å². The van der Waals surface area contributed by atoms with E-state index < -0.39 is 35.7 Å². The van der Waals surface area contributed by atoms with Crippen molar-refractivity contribution in [1.29, 1.82) is 0 Å². The lowest BCUT2D eigenvalue weighted by Gasteiger charge is -2.17. The Kier molecular flexibility index (Phi) is 8.18. The zero-order valence-electron chi connectivity index (χ0n) is 21.5. The second-order valence-electron chi connectivity index (χ2n) is 8.90. The van der Waals surface area contributed by atoms with Crippen LogP contribution in [-0.4, -0.2) is 58.8 Å². The monoisotopic (exact) mass is 533 g/mol. The maximum absolute atomic E-state index is 12.6. The highest BCUT2D eigenvalue weighted by atomic mass is 16.8. The molecule has 5 amide bonds. The van der Waals surface area contributed by atoms with Crippen molar-refractivity contribution in [2.75, 3.05) is 18.5 Å². The standard InChI is InChI=1S/C28H27N3O8/c1-3-5-6-19-18(4-2)22(16-38-28(37)39-31-26(35)11-12-27(31)36)21-15-17(7-8-20(19)21)29-23(32)13-14-30-24(33)9-10-25(30)34/h3-10,15,22H,11-14,16H2,1-2H3,(H,29,32)/b5-3-,18-4+,19-6+. The average molecular weight is 534 g/mol. The summed E-state index contributed by atoms with van der Waals surface area (Å²) in [7, 11) is 0. The summed E-state index contributed by atoms with van der Waals surface area (Å²) in [6, 6.07) is 5.36. The van der Waals surface area contributed by atoms with Crippen LogP contribution < -0.4 is 5.32 Å². The first-order valence-electron chi connectivity index (χ1n) is 12.4. The molecule has 11 nitrogen and oxygen atoms in total. The third-order valence-electron chi connectivity index (χ3n) is 6.46. The zero-order valence-corrected chi connectivity index (χ0v) is 21.5. The predicted octanol–water partition coefficient (Wildman–Crippen LogP) is 3.16. The number of nitrogens with zero attached hydrogens (tertiary/aromatic N) is 2. The minimum absolute atomic E-state index is 0.0278. The van der Waals surface area contributed by atoms with E-state index in [9.17, 15) is 28.8 Å². The van der Waals surface area contributed by atoms with Crippen LogP contribution in [0.25, 0.3) is 5.57 Å². The quantitative estimate of drug-likeness (QED) is 0.397. The fourth-order valence-corrected chi connectivity index (χ4v) is 4.60. The van der Waals surface area contributed by atoms with Crippen molar-refractivity contribution in [3.8, 4) is 0 Å². The van der Waals surface area contributed by atoms with E-state index in [0.717, 1.165) is 39.3 Å². The summed E-state index contributed by atoms with van der Waals surface area (Å²) < 4.78 is 5.31. The molecule has 0 bridgehead atoms. The lowest BCUT2D eigenvalue weighted by Crippen LogP contribution is -2.33. The van der Waals surface area contributed by atoms with Crippen LogP contribution in [0.4, 0.5) is 10.5 Å². The first kappa shape index (κ1) is 27.2. The topological polar surface area (TPSA) is 139 Å². The van der Waals surface area contributed by atoms with Gasteiger partial charge in [-0.2, -0.15) is 0 Å². The molecule has 4 rings (SSSR count). The van der Waals surface area contributed by atoms with Gasteiger partial charge in [-0.25, -0.2) is 4.79 Å². The fraction of sp³-hybridized carbons (Fsp3) is 0.286. The van der Waals surface area contributed by atoms with Crippen molar-refractivity contribution in [2.24, 2.45) is 0 Å². The highest BCUT2D eigenvalue weighted by Gasteiger charge is 2.35. The van der Waals surface area contributed by atoms with E-state index in [2.05, 4.69) is 5.32 Å². The minimum Gasteiger partial charge on any atom is -0.432 e. The van der Waals surface area contributed by atoms with Crippen LogP contribution in [0, 0.1) is 0 Å². The molecule has 2 aliphatic heterocycles. The Morgan fingerprint density at radius 3 is 2.38 bits per heavy atom. The van der Waals surface area contributed by atoms with Crippen LogP contribution in [0.15, 0.2) is 60.2 Å². The molecule has 0 spiro atoms. The number of allylic oxidation sites excluding steroid dienone is 5. The number of imide groups is 2. The molecule has 1 aliphatic carbocycles. The molecule has 0 saturated carbocycles. The van der Waals surface area contributed by atoms with Crippen LogP contribution in [0.1, 0.15) is 50.2 Å². The molecule has 0 aromatic heterocycles. The van der Waals surface area contributed by atoms with Crippen LogP contribution in [0.3, 0.4) is 0 Å². The van der Waals surface area contributed by atoms with Gasteiger partial charge in [0.1, 0.15) is 6.61 Å². The Bertz CT molecular complexity index is 1340. The summed E-state index contributed by atoms with van der Waals surface area (Å²) in [6.45, 7) is 3.56. The van der Waals surface area contributed by atoms with E-state index in [1.165, 1.54) is 0 Å². The van der Waals surface area contributed by atoms with Gasteiger partial charge in [-0.1, -0.05) is 35.4 Å². The first-order chi connectivity index (χ1) is 18.7. The van der Waals surface area contributed by atoms with Gasteiger partial charge >= 0.3 is 6.16 Å². The van der Waals surface area contributed by atoms with Gasteiger partial charge in [0.25, 0.3) is 23.6 Å². The molecule has 3 aliphatic rings. The van der Waals surface area contributed by atoms with Gasteiger partial charge < -0.3 is 10.1 Å². The van der Waals surface area contributed by atoms with E-state index in [-0.39, 0.29) is 38.3 Å². The third-order valence-corrected chi connectivity index (χ3v) is 6.46. The molecule has 1 aromatic carbocycles. The number of hydrogen-bond donors (Lipinski definition) is 1.